The summed E-state index contributed by atoms with van der Waals surface area (Å²) in [5.74, 6) is 0. The molecule has 8 heteroatoms. The zero-order chi connectivity index (χ0) is 14.8. The summed E-state index contributed by atoms with van der Waals surface area (Å²) in [7, 11) is -4.59. The fourth-order valence-electron chi connectivity index (χ4n) is 1.67. The number of sulfonamides is 1. The average molecular weight is 338 g/mol. The van der Waals surface area contributed by atoms with Crippen LogP contribution < -0.4 is 4.72 Å². The van der Waals surface area contributed by atoms with Crippen molar-refractivity contribution in [2.75, 3.05) is 0 Å². The predicted molar refractivity (Wildman–Crippen MR) is 75.5 cm³/mol. The van der Waals surface area contributed by atoms with E-state index in [2.05, 4.69) is 0 Å². The van der Waals surface area contributed by atoms with Gasteiger partial charge in [-0.25, -0.2) is 8.42 Å². The molecule has 1 N–H and O–H groups in total. The fourth-order valence-corrected chi connectivity index (χ4v) is 2.59. The van der Waals surface area contributed by atoms with Crippen molar-refractivity contribution in [2.45, 2.75) is 11.2 Å². The molecule has 0 aromatic heterocycles. The second-order valence-corrected chi connectivity index (χ2v) is 5.68. The lowest BCUT2D eigenvalue weighted by Gasteiger charge is -2.10. The van der Waals surface area contributed by atoms with Crippen molar-refractivity contribution in [1.82, 2.24) is 4.72 Å². The van der Waals surface area contributed by atoms with Gasteiger partial charge in [0.2, 0.25) is 10.0 Å². The molecule has 0 aliphatic heterocycles. The molecule has 0 aliphatic rings. The highest BCUT2D eigenvalue weighted by Gasteiger charge is 2.34. The van der Waals surface area contributed by atoms with Crippen LogP contribution in [0.15, 0.2) is 59.5 Å². The Kier molecular flexibility index (Phi) is 5.38. The number of halogens is 4. The van der Waals surface area contributed by atoms with Crippen molar-refractivity contribution < 1.29 is 21.6 Å². The van der Waals surface area contributed by atoms with E-state index in [1.807, 2.05) is 30.3 Å². The van der Waals surface area contributed by atoms with Crippen LogP contribution in [-0.4, -0.2) is 14.7 Å². The van der Waals surface area contributed by atoms with E-state index in [4.69, 9.17) is 0 Å². The minimum Gasteiger partial charge on any atom is -0.207 e. The molecule has 0 saturated heterocycles. The van der Waals surface area contributed by atoms with Crippen LogP contribution in [0, 0.1) is 0 Å². The lowest BCUT2D eigenvalue weighted by atomic mass is 10.1. The largest absolute Gasteiger partial charge is 0.470 e. The Hall–Kier alpha value is -1.57. The van der Waals surface area contributed by atoms with E-state index < -0.39 is 21.2 Å². The number of nitrogens with one attached hydrogen (secondary N) is 1. The molecule has 0 unspecified atom stereocenters. The molecule has 0 saturated carbocycles. The first-order valence-corrected chi connectivity index (χ1v) is 7.02. The predicted octanol–water partition coefficient (Wildman–Crippen LogP) is 3.57. The fraction of sp³-hybridized carbons (Fsp3) is 0.0769. The Labute approximate surface area is 126 Å². The van der Waals surface area contributed by atoms with Gasteiger partial charge in [-0.2, -0.15) is 13.2 Å². The molecule has 0 fully saturated rings. The highest BCUT2D eigenvalue weighted by Crippen LogP contribution is 2.22. The van der Waals surface area contributed by atoms with Gasteiger partial charge in [-0.15, -0.1) is 17.1 Å². The molecule has 114 valence electrons. The molecule has 2 aromatic carbocycles. The second kappa shape index (κ2) is 6.46. The van der Waals surface area contributed by atoms with Crippen LogP contribution >= 0.6 is 12.4 Å². The summed E-state index contributed by atoms with van der Waals surface area (Å²) < 4.78 is 59.8. The van der Waals surface area contributed by atoms with Crippen LogP contribution in [0.2, 0.25) is 0 Å². The Morgan fingerprint density at radius 3 is 1.76 bits per heavy atom. The highest BCUT2D eigenvalue weighted by atomic mass is 35.5. The lowest BCUT2D eigenvalue weighted by Crippen LogP contribution is -2.37. The Bertz CT molecular complexity index is 686. The Balaban J connectivity index is 0.00000220. The summed E-state index contributed by atoms with van der Waals surface area (Å²) in [5.41, 5.74) is 1.57. The third-order valence-corrected chi connectivity index (χ3v) is 3.91. The van der Waals surface area contributed by atoms with Gasteiger partial charge in [0.25, 0.3) is 0 Å². The van der Waals surface area contributed by atoms with Gasteiger partial charge in [0.1, 0.15) is 0 Å². The smallest absolute Gasteiger partial charge is 0.207 e. The first-order valence-electron chi connectivity index (χ1n) is 5.54. The first-order chi connectivity index (χ1) is 9.28. The molecule has 21 heavy (non-hydrogen) atoms. The summed E-state index contributed by atoms with van der Waals surface area (Å²) in [6.45, 7) is 0. The van der Waals surface area contributed by atoms with Gasteiger partial charge in [0, 0.05) is 0 Å². The maximum atomic E-state index is 12.1. The molecule has 0 amide bonds. The number of hydrogen-bond acceptors (Lipinski definition) is 2. The van der Waals surface area contributed by atoms with Crippen LogP contribution in [0.1, 0.15) is 0 Å². The van der Waals surface area contributed by atoms with E-state index in [0.29, 0.717) is 4.72 Å². The Morgan fingerprint density at radius 2 is 1.29 bits per heavy atom. The quantitative estimate of drug-likeness (QED) is 0.870. The van der Waals surface area contributed by atoms with Gasteiger partial charge < -0.3 is 0 Å². The number of rotatable bonds is 3. The second-order valence-electron chi connectivity index (χ2n) is 3.99. The molecule has 0 spiro atoms. The molecule has 2 aromatic rings. The standard InChI is InChI=1S/C13H10F3NO2S.ClH/c14-13(15,16)17-20(18,19)12-8-6-11(7-9-12)10-4-2-1-3-5-10;/h1-9,17H;1H. The topological polar surface area (TPSA) is 46.2 Å². The van der Waals surface area contributed by atoms with E-state index in [9.17, 15) is 21.6 Å². The molecule has 2 rings (SSSR count). The first kappa shape index (κ1) is 17.5. The molecule has 0 atom stereocenters. The zero-order valence-corrected chi connectivity index (χ0v) is 12.1. The summed E-state index contributed by atoms with van der Waals surface area (Å²) in [5, 5.41) is 0. The van der Waals surface area contributed by atoms with Gasteiger partial charge >= 0.3 is 6.30 Å². The van der Waals surface area contributed by atoms with E-state index in [1.165, 1.54) is 12.1 Å². The normalized spacial score (nSPS) is 11.8. The van der Waals surface area contributed by atoms with Gasteiger partial charge in [-0.3, -0.25) is 0 Å². The summed E-state index contributed by atoms with van der Waals surface area (Å²) in [6.07, 6.45) is -4.99. The van der Waals surface area contributed by atoms with E-state index in [-0.39, 0.29) is 12.4 Å². The number of alkyl halides is 3. The third kappa shape index (κ3) is 4.73. The highest BCUT2D eigenvalue weighted by molar-refractivity contribution is 7.89. The number of benzene rings is 2. The van der Waals surface area contributed by atoms with Crippen LogP contribution in [0.4, 0.5) is 13.2 Å². The summed E-state index contributed by atoms with van der Waals surface area (Å²) >= 11 is 0. The van der Waals surface area contributed by atoms with Crippen molar-refractivity contribution >= 4 is 22.4 Å². The SMILES string of the molecule is Cl.O=S(=O)(NC(F)(F)F)c1ccc(-c2ccccc2)cc1. The van der Waals surface area contributed by atoms with Crippen molar-refractivity contribution in [3.05, 3.63) is 54.6 Å². The summed E-state index contributed by atoms with van der Waals surface area (Å²) in [4.78, 5) is -0.436. The van der Waals surface area contributed by atoms with Crippen LogP contribution in [0.5, 0.6) is 0 Å². The molecule has 0 radical (unpaired) electrons. The van der Waals surface area contributed by atoms with Gasteiger partial charge in [-0.1, -0.05) is 42.5 Å². The zero-order valence-electron chi connectivity index (χ0n) is 10.5. The molecule has 3 nitrogen and oxygen atoms in total. The molecule has 0 aliphatic carbocycles. The van der Waals surface area contributed by atoms with Gasteiger partial charge in [0.15, 0.2) is 0 Å². The molecule has 0 bridgehead atoms. The Morgan fingerprint density at radius 1 is 0.810 bits per heavy atom. The molecular weight excluding hydrogens is 327 g/mol. The van der Waals surface area contributed by atoms with E-state index in [1.54, 1.807) is 0 Å². The van der Waals surface area contributed by atoms with Crippen molar-refractivity contribution in [1.29, 1.82) is 0 Å². The summed E-state index contributed by atoms with van der Waals surface area (Å²) in [6, 6.07) is 14.3. The maximum Gasteiger partial charge on any atom is 0.470 e. The van der Waals surface area contributed by atoms with Crippen LogP contribution in [-0.2, 0) is 10.0 Å². The molecule has 0 heterocycles. The monoisotopic (exact) mass is 337 g/mol. The van der Waals surface area contributed by atoms with Crippen molar-refractivity contribution in [3.8, 4) is 11.1 Å². The number of hydrogen-bond donors (Lipinski definition) is 1. The van der Waals surface area contributed by atoms with Crippen molar-refractivity contribution in [3.63, 3.8) is 0 Å². The minimum atomic E-state index is -4.99. The van der Waals surface area contributed by atoms with Gasteiger partial charge in [0.05, 0.1) is 4.90 Å². The third-order valence-electron chi connectivity index (χ3n) is 2.52. The van der Waals surface area contributed by atoms with Crippen LogP contribution in [0.25, 0.3) is 11.1 Å². The molecular formula is C13H11ClF3NO2S. The van der Waals surface area contributed by atoms with E-state index in [0.717, 1.165) is 23.3 Å². The van der Waals surface area contributed by atoms with Crippen molar-refractivity contribution in [2.24, 2.45) is 0 Å². The van der Waals surface area contributed by atoms with E-state index >= 15 is 0 Å². The van der Waals surface area contributed by atoms with Gasteiger partial charge in [-0.05, 0) is 23.3 Å². The minimum absolute atomic E-state index is 0. The lowest BCUT2D eigenvalue weighted by molar-refractivity contribution is -0.138. The van der Waals surface area contributed by atoms with Crippen LogP contribution in [0.3, 0.4) is 0 Å². The average Bonchev–Trinajstić information content (AvgIpc) is 2.37. The maximum absolute atomic E-state index is 12.1.